The van der Waals surface area contributed by atoms with Crippen molar-refractivity contribution in [3.05, 3.63) is 29.5 Å². The predicted molar refractivity (Wildman–Crippen MR) is 87.9 cm³/mol. The third kappa shape index (κ3) is 2.99. The molecule has 1 atom stereocenters. The van der Waals surface area contributed by atoms with E-state index < -0.39 is 0 Å². The van der Waals surface area contributed by atoms with Crippen LogP contribution < -0.4 is 4.90 Å². The SMILES string of the molecule is COC[C@H]1CCCN1c1nc2cc(C(=O)OC)ccc2nc1C. The van der Waals surface area contributed by atoms with Gasteiger partial charge in [-0.2, -0.15) is 0 Å². The highest BCUT2D eigenvalue weighted by Crippen LogP contribution is 2.28. The number of rotatable bonds is 4. The van der Waals surface area contributed by atoms with Crippen LogP contribution in [0.25, 0.3) is 11.0 Å². The van der Waals surface area contributed by atoms with Crippen molar-refractivity contribution in [3.63, 3.8) is 0 Å². The smallest absolute Gasteiger partial charge is 0.337 e. The molecule has 2 heterocycles. The molecule has 1 aromatic heterocycles. The van der Waals surface area contributed by atoms with Crippen molar-refractivity contribution in [1.82, 2.24) is 9.97 Å². The summed E-state index contributed by atoms with van der Waals surface area (Å²) in [5, 5.41) is 0. The molecule has 0 radical (unpaired) electrons. The van der Waals surface area contributed by atoms with E-state index in [0.29, 0.717) is 23.7 Å². The molecule has 2 aromatic rings. The fourth-order valence-electron chi connectivity index (χ4n) is 3.13. The molecule has 1 saturated heterocycles. The number of carbonyl (C=O) groups excluding carboxylic acids is 1. The van der Waals surface area contributed by atoms with Gasteiger partial charge in [0, 0.05) is 13.7 Å². The largest absolute Gasteiger partial charge is 0.465 e. The summed E-state index contributed by atoms with van der Waals surface area (Å²) < 4.78 is 10.1. The Morgan fingerprint density at radius 2 is 2.13 bits per heavy atom. The minimum atomic E-state index is -0.366. The highest BCUT2D eigenvalue weighted by atomic mass is 16.5. The summed E-state index contributed by atoms with van der Waals surface area (Å²) in [6.45, 7) is 3.60. The number of anilines is 1. The van der Waals surface area contributed by atoms with Crippen molar-refractivity contribution in [3.8, 4) is 0 Å². The van der Waals surface area contributed by atoms with Crippen LogP contribution in [0.15, 0.2) is 18.2 Å². The average Bonchev–Trinajstić information content (AvgIpc) is 3.01. The minimum Gasteiger partial charge on any atom is -0.465 e. The molecule has 0 spiro atoms. The first-order chi connectivity index (χ1) is 11.1. The van der Waals surface area contributed by atoms with Crippen molar-refractivity contribution in [2.24, 2.45) is 0 Å². The van der Waals surface area contributed by atoms with Gasteiger partial charge in [0.05, 0.1) is 42.0 Å². The number of ether oxygens (including phenoxy) is 2. The van der Waals surface area contributed by atoms with Crippen molar-refractivity contribution < 1.29 is 14.3 Å². The maximum Gasteiger partial charge on any atom is 0.337 e. The van der Waals surface area contributed by atoms with Gasteiger partial charge in [-0.1, -0.05) is 0 Å². The fraction of sp³-hybridized carbons (Fsp3) is 0.471. The summed E-state index contributed by atoms with van der Waals surface area (Å²) in [5.41, 5.74) is 2.86. The quantitative estimate of drug-likeness (QED) is 0.807. The molecule has 122 valence electrons. The first-order valence-corrected chi connectivity index (χ1v) is 7.76. The molecule has 0 unspecified atom stereocenters. The lowest BCUT2D eigenvalue weighted by molar-refractivity contribution is 0.0601. The van der Waals surface area contributed by atoms with E-state index in [0.717, 1.165) is 36.4 Å². The number of aryl methyl sites for hydroxylation is 1. The van der Waals surface area contributed by atoms with Crippen LogP contribution in [-0.4, -0.2) is 49.4 Å². The van der Waals surface area contributed by atoms with Crippen molar-refractivity contribution in [2.75, 3.05) is 32.3 Å². The fourth-order valence-corrected chi connectivity index (χ4v) is 3.13. The van der Waals surface area contributed by atoms with Crippen LogP contribution in [0.4, 0.5) is 5.82 Å². The number of benzene rings is 1. The number of hydrogen-bond donors (Lipinski definition) is 0. The number of fused-ring (bicyclic) bond motifs is 1. The van der Waals surface area contributed by atoms with E-state index >= 15 is 0 Å². The Kier molecular flexibility index (Phi) is 4.43. The summed E-state index contributed by atoms with van der Waals surface area (Å²) in [6.07, 6.45) is 2.21. The summed E-state index contributed by atoms with van der Waals surface area (Å²) in [4.78, 5) is 23.4. The highest BCUT2D eigenvalue weighted by molar-refractivity contribution is 5.93. The molecule has 0 amide bonds. The molecular formula is C17H21N3O3. The van der Waals surface area contributed by atoms with Crippen molar-refractivity contribution in [2.45, 2.75) is 25.8 Å². The molecule has 0 saturated carbocycles. The summed E-state index contributed by atoms with van der Waals surface area (Å²) in [6, 6.07) is 5.58. The van der Waals surface area contributed by atoms with Gasteiger partial charge in [-0.15, -0.1) is 0 Å². The Hall–Kier alpha value is -2.21. The lowest BCUT2D eigenvalue weighted by Crippen LogP contribution is -2.34. The normalized spacial score (nSPS) is 17.7. The first-order valence-electron chi connectivity index (χ1n) is 7.76. The van der Waals surface area contributed by atoms with Crippen LogP contribution >= 0.6 is 0 Å². The van der Waals surface area contributed by atoms with Crippen LogP contribution in [-0.2, 0) is 9.47 Å². The zero-order chi connectivity index (χ0) is 16.4. The second-order valence-corrected chi connectivity index (χ2v) is 5.77. The number of aromatic nitrogens is 2. The van der Waals surface area contributed by atoms with Gasteiger partial charge in [0.25, 0.3) is 0 Å². The lowest BCUT2D eigenvalue weighted by Gasteiger charge is -2.26. The van der Waals surface area contributed by atoms with Gasteiger partial charge in [0.1, 0.15) is 0 Å². The second-order valence-electron chi connectivity index (χ2n) is 5.77. The standard InChI is InChI=1S/C17H21N3O3/c1-11-16(20-8-4-5-13(20)10-22-2)19-15-9-12(17(21)23-3)6-7-14(15)18-11/h6-7,9,13H,4-5,8,10H2,1-3H3/t13-/m1/s1. The highest BCUT2D eigenvalue weighted by Gasteiger charge is 2.27. The Bertz CT molecular complexity index is 732. The number of nitrogens with zero attached hydrogens (tertiary/aromatic N) is 3. The Morgan fingerprint density at radius 3 is 2.87 bits per heavy atom. The Labute approximate surface area is 135 Å². The molecular weight excluding hydrogens is 294 g/mol. The van der Waals surface area contributed by atoms with Crippen LogP contribution in [0, 0.1) is 6.92 Å². The number of methoxy groups -OCH3 is 2. The van der Waals surface area contributed by atoms with Gasteiger partial charge in [-0.3, -0.25) is 0 Å². The van der Waals surface area contributed by atoms with E-state index in [9.17, 15) is 4.79 Å². The number of hydrogen-bond acceptors (Lipinski definition) is 6. The lowest BCUT2D eigenvalue weighted by atomic mass is 10.2. The molecule has 0 aliphatic carbocycles. The molecule has 6 heteroatoms. The van der Waals surface area contributed by atoms with E-state index in [4.69, 9.17) is 14.5 Å². The molecule has 0 bridgehead atoms. The maximum atomic E-state index is 11.7. The number of carbonyl (C=O) groups is 1. The molecule has 6 nitrogen and oxygen atoms in total. The van der Waals surface area contributed by atoms with Crippen molar-refractivity contribution in [1.29, 1.82) is 0 Å². The van der Waals surface area contributed by atoms with Gasteiger partial charge >= 0.3 is 5.97 Å². The molecule has 1 aliphatic heterocycles. The van der Waals surface area contributed by atoms with Gasteiger partial charge in [0.15, 0.2) is 5.82 Å². The molecule has 1 aliphatic rings. The zero-order valence-corrected chi connectivity index (χ0v) is 13.7. The van der Waals surface area contributed by atoms with Crippen LogP contribution in [0.3, 0.4) is 0 Å². The van der Waals surface area contributed by atoms with Gasteiger partial charge in [-0.05, 0) is 38.0 Å². The summed E-state index contributed by atoms with van der Waals surface area (Å²) in [7, 11) is 3.09. The topological polar surface area (TPSA) is 64.5 Å². The average molecular weight is 315 g/mol. The zero-order valence-electron chi connectivity index (χ0n) is 13.7. The van der Waals surface area contributed by atoms with Crippen LogP contribution in [0.2, 0.25) is 0 Å². The van der Waals surface area contributed by atoms with E-state index in [1.165, 1.54) is 7.11 Å². The first kappa shape index (κ1) is 15.7. The molecule has 23 heavy (non-hydrogen) atoms. The third-order valence-corrected chi connectivity index (χ3v) is 4.24. The van der Waals surface area contributed by atoms with E-state index in [1.807, 2.05) is 13.0 Å². The van der Waals surface area contributed by atoms with Crippen LogP contribution in [0.5, 0.6) is 0 Å². The monoisotopic (exact) mass is 315 g/mol. The van der Waals surface area contributed by atoms with Gasteiger partial charge < -0.3 is 14.4 Å². The maximum absolute atomic E-state index is 11.7. The molecule has 1 aromatic carbocycles. The Morgan fingerprint density at radius 1 is 1.30 bits per heavy atom. The van der Waals surface area contributed by atoms with E-state index in [1.54, 1.807) is 19.2 Å². The number of esters is 1. The summed E-state index contributed by atoms with van der Waals surface area (Å²) >= 11 is 0. The summed E-state index contributed by atoms with van der Waals surface area (Å²) in [5.74, 6) is 0.508. The van der Waals surface area contributed by atoms with Crippen molar-refractivity contribution >= 4 is 22.8 Å². The third-order valence-electron chi connectivity index (χ3n) is 4.24. The van der Waals surface area contributed by atoms with Gasteiger partial charge in [-0.25, -0.2) is 14.8 Å². The molecule has 1 fully saturated rings. The Balaban J connectivity index is 2.03. The van der Waals surface area contributed by atoms with E-state index in [2.05, 4.69) is 9.88 Å². The van der Waals surface area contributed by atoms with Gasteiger partial charge in [0.2, 0.25) is 0 Å². The van der Waals surface area contributed by atoms with Crippen LogP contribution in [0.1, 0.15) is 28.9 Å². The predicted octanol–water partition coefficient (Wildman–Crippen LogP) is 2.34. The minimum absolute atomic E-state index is 0.328. The second kappa shape index (κ2) is 6.50. The molecule has 3 rings (SSSR count). The van der Waals surface area contributed by atoms with E-state index in [-0.39, 0.29) is 5.97 Å². The molecule has 0 N–H and O–H groups in total.